The first-order valence-corrected chi connectivity index (χ1v) is 9.10. The number of carbonyl (C=O) groups is 1. The van der Waals surface area contributed by atoms with E-state index in [0.29, 0.717) is 49.9 Å². The summed E-state index contributed by atoms with van der Waals surface area (Å²) in [6.45, 7) is 1.34. The number of hydrogen-bond donors (Lipinski definition) is 0. The zero-order valence-corrected chi connectivity index (χ0v) is 14.7. The standard InChI is InChI=1S/C17H21FN6O2/c1-23-12(19-10-20-23)6-13(25)24-4-2-11(3-5-24)14-21-15(26-22-14)16-7-17(18,8-16)9-16/h10-11H,2-9H2,1H3. The van der Waals surface area contributed by atoms with Crippen molar-refractivity contribution in [1.82, 2.24) is 29.8 Å². The number of alkyl halides is 1. The van der Waals surface area contributed by atoms with Crippen molar-refractivity contribution < 1.29 is 13.7 Å². The predicted octanol–water partition coefficient (Wildman–Crippen LogP) is 1.29. The summed E-state index contributed by atoms with van der Waals surface area (Å²) in [4.78, 5) is 23.0. The zero-order valence-electron chi connectivity index (χ0n) is 14.7. The number of amides is 1. The van der Waals surface area contributed by atoms with Gasteiger partial charge in [-0.1, -0.05) is 5.16 Å². The molecule has 4 fully saturated rings. The van der Waals surface area contributed by atoms with Gasteiger partial charge < -0.3 is 9.42 Å². The molecule has 3 saturated carbocycles. The first kappa shape index (κ1) is 15.9. The number of piperidine rings is 1. The molecule has 2 aromatic rings. The van der Waals surface area contributed by atoms with E-state index < -0.39 is 5.67 Å². The maximum Gasteiger partial charge on any atom is 0.233 e. The zero-order chi connectivity index (χ0) is 17.9. The van der Waals surface area contributed by atoms with E-state index in [1.54, 1.807) is 11.7 Å². The highest BCUT2D eigenvalue weighted by Gasteiger charge is 2.72. The topological polar surface area (TPSA) is 89.9 Å². The second-order valence-corrected chi connectivity index (χ2v) is 8.05. The Morgan fingerprint density at radius 1 is 1.35 bits per heavy atom. The number of hydrogen-bond acceptors (Lipinski definition) is 6. The number of aromatic nitrogens is 5. The molecular formula is C17H21FN6O2. The minimum absolute atomic E-state index is 0.0652. The third kappa shape index (κ3) is 2.36. The molecule has 0 spiro atoms. The largest absolute Gasteiger partial charge is 0.342 e. The molecule has 0 aromatic carbocycles. The Kier molecular flexibility index (Phi) is 3.27. The molecule has 2 aromatic heterocycles. The lowest BCUT2D eigenvalue weighted by molar-refractivity contribution is -0.170. The lowest BCUT2D eigenvalue weighted by Gasteiger charge is -2.63. The van der Waals surface area contributed by atoms with Crippen molar-refractivity contribution in [3.8, 4) is 0 Å². The van der Waals surface area contributed by atoms with Crippen molar-refractivity contribution >= 4 is 5.91 Å². The van der Waals surface area contributed by atoms with Crippen LogP contribution in [-0.2, 0) is 23.7 Å². The summed E-state index contributed by atoms with van der Waals surface area (Å²) in [6, 6.07) is 0. The Morgan fingerprint density at radius 2 is 2.08 bits per heavy atom. The molecule has 3 heterocycles. The molecule has 1 amide bonds. The van der Waals surface area contributed by atoms with E-state index in [1.807, 2.05) is 4.90 Å². The smallest absolute Gasteiger partial charge is 0.233 e. The van der Waals surface area contributed by atoms with E-state index in [1.165, 1.54) is 6.33 Å². The number of aryl methyl sites for hydroxylation is 1. The normalized spacial score (nSPS) is 30.8. The van der Waals surface area contributed by atoms with Gasteiger partial charge in [-0.3, -0.25) is 9.48 Å². The molecule has 1 saturated heterocycles. The summed E-state index contributed by atoms with van der Waals surface area (Å²) in [5.74, 6) is 2.24. The monoisotopic (exact) mass is 360 g/mol. The molecular weight excluding hydrogens is 339 g/mol. The van der Waals surface area contributed by atoms with Gasteiger partial charge in [0.05, 0.1) is 11.8 Å². The third-order valence-electron chi connectivity index (χ3n) is 6.19. The molecule has 0 radical (unpaired) electrons. The van der Waals surface area contributed by atoms with Crippen molar-refractivity contribution in [1.29, 1.82) is 0 Å². The van der Waals surface area contributed by atoms with Gasteiger partial charge in [-0.15, -0.1) is 0 Å². The Morgan fingerprint density at radius 3 is 2.69 bits per heavy atom. The number of carbonyl (C=O) groups excluding carboxylic acids is 1. The van der Waals surface area contributed by atoms with Gasteiger partial charge in [-0.05, 0) is 32.1 Å². The van der Waals surface area contributed by atoms with E-state index >= 15 is 0 Å². The van der Waals surface area contributed by atoms with E-state index in [0.717, 1.165) is 12.8 Å². The number of nitrogens with zero attached hydrogens (tertiary/aromatic N) is 6. The second-order valence-electron chi connectivity index (χ2n) is 8.05. The number of likely N-dealkylation sites (tertiary alicyclic amines) is 1. The summed E-state index contributed by atoms with van der Waals surface area (Å²) in [5, 5.41) is 8.14. The van der Waals surface area contributed by atoms with Gasteiger partial charge in [0.25, 0.3) is 0 Å². The third-order valence-corrected chi connectivity index (χ3v) is 6.19. The van der Waals surface area contributed by atoms with Gasteiger partial charge >= 0.3 is 0 Å². The maximum atomic E-state index is 13.7. The Bertz CT molecular complexity index is 833. The Labute approximate surface area is 149 Å². The highest BCUT2D eigenvalue weighted by Crippen LogP contribution is 2.69. The predicted molar refractivity (Wildman–Crippen MR) is 86.9 cm³/mol. The fourth-order valence-corrected chi connectivity index (χ4v) is 4.62. The molecule has 2 bridgehead atoms. The van der Waals surface area contributed by atoms with Crippen LogP contribution >= 0.6 is 0 Å². The molecule has 0 N–H and O–H groups in total. The van der Waals surface area contributed by atoms with Crippen LogP contribution in [0, 0.1) is 0 Å². The second kappa shape index (κ2) is 5.34. The first-order chi connectivity index (χ1) is 12.5. The van der Waals surface area contributed by atoms with Crippen molar-refractivity contribution in [3.63, 3.8) is 0 Å². The minimum Gasteiger partial charge on any atom is -0.342 e. The van der Waals surface area contributed by atoms with Crippen molar-refractivity contribution in [2.24, 2.45) is 7.05 Å². The molecule has 1 aliphatic heterocycles. The van der Waals surface area contributed by atoms with Crippen LogP contribution < -0.4 is 0 Å². The molecule has 26 heavy (non-hydrogen) atoms. The molecule has 3 aliphatic carbocycles. The summed E-state index contributed by atoms with van der Waals surface area (Å²) in [6.07, 6.45) is 4.91. The number of rotatable bonds is 4. The highest BCUT2D eigenvalue weighted by atomic mass is 19.1. The van der Waals surface area contributed by atoms with Crippen LogP contribution in [0.25, 0.3) is 0 Å². The molecule has 0 unspecified atom stereocenters. The maximum absolute atomic E-state index is 13.7. The van der Waals surface area contributed by atoms with Crippen molar-refractivity contribution in [3.05, 3.63) is 23.9 Å². The van der Waals surface area contributed by atoms with Crippen LogP contribution in [0.1, 0.15) is 55.6 Å². The molecule has 8 nitrogen and oxygen atoms in total. The fraction of sp³-hybridized carbons (Fsp3) is 0.706. The molecule has 0 atom stereocenters. The average Bonchev–Trinajstić information content (AvgIpc) is 3.21. The van der Waals surface area contributed by atoms with Crippen molar-refractivity contribution in [2.45, 2.75) is 55.5 Å². The van der Waals surface area contributed by atoms with Gasteiger partial charge in [0.15, 0.2) is 5.82 Å². The van der Waals surface area contributed by atoms with Gasteiger partial charge in [-0.2, -0.15) is 10.1 Å². The average molecular weight is 360 g/mol. The van der Waals surface area contributed by atoms with Crippen LogP contribution in [0.3, 0.4) is 0 Å². The van der Waals surface area contributed by atoms with Crippen LogP contribution in [-0.4, -0.2) is 54.5 Å². The van der Waals surface area contributed by atoms with E-state index in [4.69, 9.17) is 4.52 Å². The van der Waals surface area contributed by atoms with Crippen LogP contribution in [0.4, 0.5) is 4.39 Å². The Hall–Kier alpha value is -2.32. The van der Waals surface area contributed by atoms with E-state index in [-0.39, 0.29) is 23.7 Å². The van der Waals surface area contributed by atoms with Crippen LogP contribution in [0.5, 0.6) is 0 Å². The first-order valence-electron chi connectivity index (χ1n) is 9.10. The SMILES string of the molecule is Cn1ncnc1CC(=O)N1CCC(c2noc(C34CC(F)(C3)C4)n2)CC1. The highest BCUT2D eigenvalue weighted by molar-refractivity contribution is 5.78. The van der Waals surface area contributed by atoms with Gasteiger partial charge in [0, 0.05) is 26.1 Å². The Balaban J connectivity index is 1.18. The summed E-state index contributed by atoms with van der Waals surface area (Å²) in [5.41, 5.74) is -1.16. The van der Waals surface area contributed by atoms with Gasteiger partial charge in [0.2, 0.25) is 11.8 Å². The molecule has 9 heteroatoms. The summed E-state index contributed by atoms with van der Waals surface area (Å²) >= 11 is 0. The van der Waals surface area contributed by atoms with E-state index in [9.17, 15) is 9.18 Å². The van der Waals surface area contributed by atoms with E-state index in [2.05, 4.69) is 20.2 Å². The number of halogens is 1. The minimum atomic E-state index is -0.969. The fourth-order valence-electron chi connectivity index (χ4n) is 4.62. The molecule has 4 aliphatic rings. The molecule has 138 valence electrons. The van der Waals surface area contributed by atoms with Crippen LogP contribution in [0.2, 0.25) is 0 Å². The van der Waals surface area contributed by atoms with Gasteiger partial charge in [0.1, 0.15) is 17.8 Å². The lowest BCUT2D eigenvalue weighted by Crippen LogP contribution is -2.67. The summed E-state index contributed by atoms with van der Waals surface area (Å²) < 4.78 is 20.8. The summed E-state index contributed by atoms with van der Waals surface area (Å²) in [7, 11) is 1.78. The molecule has 6 rings (SSSR count). The van der Waals surface area contributed by atoms with Gasteiger partial charge in [-0.25, -0.2) is 9.37 Å². The van der Waals surface area contributed by atoms with Crippen LogP contribution in [0.15, 0.2) is 10.9 Å². The quantitative estimate of drug-likeness (QED) is 0.816. The van der Waals surface area contributed by atoms with Crippen molar-refractivity contribution in [2.75, 3.05) is 13.1 Å². The lowest BCUT2D eigenvalue weighted by atomic mass is 9.42.